The molecular formula is C23H32N4O5S. The van der Waals surface area contributed by atoms with Crippen molar-refractivity contribution in [2.24, 2.45) is 5.92 Å². The van der Waals surface area contributed by atoms with Crippen LogP contribution in [0.2, 0.25) is 0 Å². The zero-order chi connectivity index (χ0) is 23.6. The molecule has 3 aliphatic rings. The van der Waals surface area contributed by atoms with Crippen molar-refractivity contribution in [3.05, 3.63) is 29.8 Å². The number of sulfonamides is 1. The normalized spacial score (nSPS) is 26.5. The average molecular weight is 477 g/mol. The molecule has 2 atom stereocenters. The Bertz CT molecular complexity index is 1020. The molecule has 1 spiro atoms. The molecule has 2 aliphatic heterocycles. The molecule has 9 nitrogen and oxygen atoms in total. The SMILES string of the molecule is C[C@H]1CCCC[C@]12NC(=O)N(CC(=O)NCc1ccc(S(=O)(=O)N3CCCCC3)cc1)C2=O. The molecule has 10 heteroatoms. The van der Waals surface area contributed by atoms with Gasteiger partial charge in [-0.25, -0.2) is 13.2 Å². The third-order valence-electron chi connectivity index (χ3n) is 7.17. The number of amides is 4. The molecule has 2 saturated heterocycles. The van der Waals surface area contributed by atoms with Crippen LogP contribution in [-0.2, 0) is 26.2 Å². The first-order valence-electron chi connectivity index (χ1n) is 11.7. The Labute approximate surface area is 194 Å². The van der Waals surface area contributed by atoms with E-state index in [1.54, 1.807) is 24.3 Å². The van der Waals surface area contributed by atoms with Crippen molar-refractivity contribution >= 4 is 27.9 Å². The quantitative estimate of drug-likeness (QED) is 0.609. The van der Waals surface area contributed by atoms with E-state index in [4.69, 9.17) is 0 Å². The fourth-order valence-corrected chi connectivity index (χ4v) is 6.59. The lowest BCUT2D eigenvalue weighted by molar-refractivity contribution is -0.137. The first kappa shape index (κ1) is 23.7. The summed E-state index contributed by atoms with van der Waals surface area (Å²) < 4.78 is 27.0. The van der Waals surface area contributed by atoms with Gasteiger partial charge in [-0.2, -0.15) is 4.31 Å². The van der Waals surface area contributed by atoms with E-state index in [1.165, 1.54) is 4.31 Å². The van der Waals surface area contributed by atoms with Crippen LogP contribution in [0, 0.1) is 5.92 Å². The number of carbonyl (C=O) groups is 3. The van der Waals surface area contributed by atoms with Crippen LogP contribution in [0.15, 0.2) is 29.2 Å². The smallest absolute Gasteiger partial charge is 0.325 e. The van der Waals surface area contributed by atoms with Gasteiger partial charge in [0.1, 0.15) is 12.1 Å². The first-order valence-corrected chi connectivity index (χ1v) is 13.2. The number of nitrogens with one attached hydrogen (secondary N) is 2. The molecule has 2 N–H and O–H groups in total. The van der Waals surface area contributed by atoms with Gasteiger partial charge in [-0.3, -0.25) is 14.5 Å². The van der Waals surface area contributed by atoms with E-state index in [0.29, 0.717) is 19.5 Å². The number of imide groups is 1. The minimum absolute atomic E-state index is 0.0375. The zero-order valence-corrected chi connectivity index (χ0v) is 19.8. The molecule has 180 valence electrons. The lowest BCUT2D eigenvalue weighted by Crippen LogP contribution is -2.54. The van der Waals surface area contributed by atoms with Gasteiger partial charge in [-0.05, 0) is 49.3 Å². The summed E-state index contributed by atoms with van der Waals surface area (Å²) in [6, 6.07) is 5.93. The molecule has 1 aromatic carbocycles. The van der Waals surface area contributed by atoms with E-state index in [-0.39, 0.29) is 29.8 Å². The number of hydrogen-bond donors (Lipinski definition) is 2. The fraction of sp³-hybridized carbons (Fsp3) is 0.609. The molecule has 1 saturated carbocycles. The zero-order valence-electron chi connectivity index (χ0n) is 19.0. The molecule has 0 unspecified atom stereocenters. The van der Waals surface area contributed by atoms with Gasteiger partial charge >= 0.3 is 6.03 Å². The Morgan fingerprint density at radius 1 is 1.09 bits per heavy atom. The monoisotopic (exact) mass is 476 g/mol. The molecule has 0 aromatic heterocycles. The summed E-state index contributed by atoms with van der Waals surface area (Å²) in [6.07, 6.45) is 6.18. The highest BCUT2D eigenvalue weighted by atomic mass is 32.2. The van der Waals surface area contributed by atoms with E-state index in [1.807, 2.05) is 6.92 Å². The van der Waals surface area contributed by atoms with E-state index >= 15 is 0 Å². The Balaban J connectivity index is 1.33. The van der Waals surface area contributed by atoms with Crippen molar-refractivity contribution in [2.45, 2.75) is 68.8 Å². The van der Waals surface area contributed by atoms with Crippen LogP contribution in [0.4, 0.5) is 4.79 Å². The topological polar surface area (TPSA) is 116 Å². The number of carbonyl (C=O) groups excluding carboxylic acids is 3. The molecule has 33 heavy (non-hydrogen) atoms. The minimum Gasteiger partial charge on any atom is -0.350 e. The molecule has 1 aromatic rings. The number of benzene rings is 1. The number of hydrogen-bond acceptors (Lipinski definition) is 5. The second-order valence-electron chi connectivity index (χ2n) is 9.33. The molecular weight excluding hydrogens is 444 g/mol. The lowest BCUT2D eigenvalue weighted by Gasteiger charge is -2.36. The average Bonchev–Trinajstić information content (AvgIpc) is 3.05. The van der Waals surface area contributed by atoms with E-state index < -0.39 is 27.5 Å². The van der Waals surface area contributed by atoms with Gasteiger partial charge in [0.15, 0.2) is 0 Å². The summed E-state index contributed by atoms with van der Waals surface area (Å²) in [5.41, 5.74) is -0.152. The maximum atomic E-state index is 13.0. The van der Waals surface area contributed by atoms with Crippen molar-refractivity contribution in [1.29, 1.82) is 0 Å². The molecule has 1 aliphatic carbocycles. The molecule has 4 rings (SSSR count). The van der Waals surface area contributed by atoms with E-state index in [2.05, 4.69) is 10.6 Å². The second-order valence-corrected chi connectivity index (χ2v) is 11.3. The van der Waals surface area contributed by atoms with Crippen molar-refractivity contribution in [3.8, 4) is 0 Å². The van der Waals surface area contributed by atoms with Crippen LogP contribution < -0.4 is 10.6 Å². The van der Waals surface area contributed by atoms with Gasteiger partial charge in [0, 0.05) is 19.6 Å². The van der Waals surface area contributed by atoms with Crippen LogP contribution in [0.5, 0.6) is 0 Å². The number of rotatable bonds is 6. The summed E-state index contributed by atoms with van der Waals surface area (Å²) >= 11 is 0. The fourth-order valence-electron chi connectivity index (χ4n) is 5.07. The lowest BCUT2D eigenvalue weighted by atomic mass is 9.73. The van der Waals surface area contributed by atoms with Crippen LogP contribution in [0.3, 0.4) is 0 Å². The highest BCUT2D eigenvalue weighted by Gasteiger charge is 2.55. The largest absolute Gasteiger partial charge is 0.350 e. The third kappa shape index (κ3) is 4.63. The Hall–Kier alpha value is -2.46. The second kappa shape index (κ2) is 9.42. The van der Waals surface area contributed by atoms with Crippen LogP contribution in [0.1, 0.15) is 57.4 Å². The third-order valence-corrected chi connectivity index (χ3v) is 9.08. The minimum atomic E-state index is -3.50. The van der Waals surface area contributed by atoms with Crippen molar-refractivity contribution < 1.29 is 22.8 Å². The van der Waals surface area contributed by atoms with Gasteiger partial charge < -0.3 is 10.6 Å². The molecule has 3 fully saturated rings. The van der Waals surface area contributed by atoms with Gasteiger partial charge in [-0.1, -0.05) is 38.3 Å². The molecule has 0 radical (unpaired) electrons. The maximum absolute atomic E-state index is 13.0. The van der Waals surface area contributed by atoms with Crippen LogP contribution in [-0.4, -0.2) is 60.6 Å². The maximum Gasteiger partial charge on any atom is 0.325 e. The summed E-state index contributed by atoms with van der Waals surface area (Å²) in [5, 5.41) is 5.56. The van der Waals surface area contributed by atoms with Crippen molar-refractivity contribution in [2.75, 3.05) is 19.6 Å². The summed E-state index contributed by atoms with van der Waals surface area (Å²) in [6.45, 7) is 2.90. The van der Waals surface area contributed by atoms with Crippen molar-refractivity contribution in [1.82, 2.24) is 19.8 Å². The van der Waals surface area contributed by atoms with E-state index in [9.17, 15) is 22.8 Å². The highest BCUT2D eigenvalue weighted by Crippen LogP contribution is 2.38. The van der Waals surface area contributed by atoms with Gasteiger partial charge in [0.25, 0.3) is 5.91 Å². The number of urea groups is 1. The van der Waals surface area contributed by atoms with Crippen molar-refractivity contribution in [3.63, 3.8) is 0 Å². The molecule has 4 amide bonds. The Morgan fingerprint density at radius 2 is 1.79 bits per heavy atom. The van der Waals surface area contributed by atoms with Crippen LogP contribution >= 0.6 is 0 Å². The Kier molecular flexibility index (Phi) is 6.76. The highest BCUT2D eigenvalue weighted by molar-refractivity contribution is 7.89. The predicted octanol–water partition coefficient (Wildman–Crippen LogP) is 1.98. The van der Waals surface area contributed by atoms with E-state index in [0.717, 1.165) is 49.0 Å². The standard InChI is InChI=1S/C23H32N4O5S/c1-17-7-3-4-12-23(17)21(29)27(22(30)25-23)16-20(28)24-15-18-8-10-19(11-9-18)33(31,32)26-13-5-2-6-14-26/h8-11,17H,2-7,12-16H2,1H3,(H,24,28)(H,25,30)/t17-,23-/m0/s1. The summed E-state index contributed by atoms with van der Waals surface area (Å²) in [7, 11) is -3.50. The predicted molar refractivity (Wildman–Crippen MR) is 122 cm³/mol. The summed E-state index contributed by atoms with van der Waals surface area (Å²) in [5.74, 6) is -0.721. The van der Waals surface area contributed by atoms with Crippen LogP contribution in [0.25, 0.3) is 0 Å². The Morgan fingerprint density at radius 3 is 2.45 bits per heavy atom. The first-order chi connectivity index (χ1) is 15.7. The summed E-state index contributed by atoms with van der Waals surface area (Å²) in [4.78, 5) is 39.1. The molecule has 0 bridgehead atoms. The number of piperidine rings is 1. The molecule has 2 heterocycles. The van der Waals surface area contributed by atoms with Gasteiger partial charge in [0.2, 0.25) is 15.9 Å². The number of nitrogens with zero attached hydrogens (tertiary/aromatic N) is 2. The van der Waals surface area contributed by atoms with Gasteiger partial charge in [0.05, 0.1) is 4.90 Å². The van der Waals surface area contributed by atoms with Gasteiger partial charge in [-0.15, -0.1) is 0 Å².